The number of halogens is 1. The molecule has 0 unspecified atom stereocenters. The lowest BCUT2D eigenvalue weighted by atomic mass is 9.97. The van der Waals surface area contributed by atoms with Crippen molar-refractivity contribution < 1.29 is 5.11 Å². The van der Waals surface area contributed by atoms with Crippen molar-refractivity contribution in [3.05, 3.63) is 47.0 Å². The lowest BCUT2D eigenvalue weighted by molar-refractivity contribution is 0.265. The lowest BCUT2D eigenvalue weighted by Gasteiger charge is -2.13. The summed E-state index contributed by atoms with van der Waals surface area (Å²) in [5, 5.41) is 9.17. The molecular weight excluding hydrogens is 228 g/mol. The summed E-state index contributed by atoms with van der Waals surface area (Å²) in [6.45, 7) is 3.94. The standard InChI is InChI=1S/C11H13BrO/c1-9(12)7-11(8-13)10-5-3-2-4-6-10/h2-6,11,13H,1,7-8H2/t11-/m0/s1. The second-order valence-corrected chi connectivity index (χ2v) is 4.13. The summed E-state index contributed by atoms with van der Waals surface area (Å²) in [4.78, 5) is 0. The average molecular weight is 241 g/mol. The Morgan fingerprint density at radius 3 is 2.46 bits per heavy atom. The molecule has 13 heavy (non-hydrogen) atoms. The lowest BCUT2D eigenvalue weighted by Crippen LogP contribution is -2.03. The van der Waals surface area contributed by atoms with Crippen molar-refractivity contribution in [2.45, 2.75) is 12.3 Å². The highest BCUT2D eigenvalue weighted by Gasteiger charge is 2.09. The number of hydrogen-bond donors (Lipinski definition) is 1. The van der Waals surface area contributed by atoms with Crippen molar-refractivity contribution in [3.63, 3.8) is 0 Å². The fourth-order valence-corrected chi connectivity index (χ4v) is 1.67. The molecule has 0 aliphatic heterocycles. The van der Waals surface area contributed by atoms with Gasteiger partial charge in [-0.3, -0.25) is 0 Å². The van der Waals surface area contributed by atoms with Crippen LogP contribution in [0.5, 0.6) is 0 Å². The number of hydrogen-bond acceptors (Lipinski definition) is 1. The maximum absolute atomic E-state index is 9.17. The summed E-state index contributed by atoms with van der Waals surface area (Å²) in [5.74, 6) is 0.160. The fourth-order valence-electron chi connectivity index (χ4n) is 1.28. The largest absolute Gasteiger partial charge is 0.396 e. The van der Waals surface area contributed by atoms with Crippen molar-refractivity contribution in [3.8, 4) is 0 Å². The Balaban J connectivity index is 2.73. The molecule has 1 aromatic rings. The molecule has 0 heterocycles. The van der Waals surface area contributed by atoms with Crippen molar-refractivity contribution in [2.75, 3.05) is 6.61 Å². The number of benzene rings is 1. The van der Waals surface area contributed by atoms with E-state index < -0.39 is 0 Å². The van der Waals surface area contributed by atoms with Gasteiger partial charge in [-0.15, -0.1) is 0 Å². The molecule has 2 heteroatoms. The van der Waals surface area contributed by atoms with Gasteiger partial charge in [0.1, 0.15) is 0 Å². The smallest absolute Gasteiger partial charge is 0.0503 e. The van der Waals surface area contributed by atoms with Gasteiger partial charge >= 0.3 is 0 Å². The summed E-state index contributed by atoms with van der Waals surface area (Å²) in [7, 11) is 0. The molecular formula is C11H13BrO. The van der Waals surface area contributed by atoms with E-state index in [2.05, 4.69) is 22.5 Å². The quantitative estimate of drug-likeness (QED) is 0.858. The Kier molecular flexibility index (Phi) is 4.19. The molecule has 0 saturated carbocycles. The van der Waals surface area contributed by atoms with Crippen LogP contribution in [-0.4, -0.2) is 11.7 Å². The first kappa shape index (κ1) is 10.5. The van der Waals surface area contributed by atoms with Gasteiger partial charge < -0.3 is 5.11 Å². The molecule has 1 atom stereocenters. The zero-order valence-electron chi connectivity index (χ0n) is 7.41. The first-order valence-electron chi connectivity index (χ1n) is 4.23. The minimum atomic E-state index is 0.160. The molecule has 1 nitrogen and oxygen atoms in total. The Morgan fingerprint density at radius 2 is 2.00 bits per heavy atom. The van der Waals surface area contributed by atoms with Gasteiger partial charge in [-0.1, -0.05) is 52.8 Å². The average Bonchev–Trinajstić information content (AvgIpc) is 2.15. The predicted molar refractivity (Wildman–Crippen MR) is 59.0 cm³/mol. The van der Waals surface area contributed by atoms with Crippen LogP contribution in [0.1, 0.15) is 17.9 Å². The van der Waals surface area contributed by atoms with Crippen LogP contribution in [0.25, 0.3) is 0 Å². The molecule has 1 N–H and O–H groups in total. The van der Waals surface area contributed by atoms with Gasteiger partial charge in [0.05, 0.1) is 6.61 Å². The number of rotatable bonds is 4. The molecule has 1 rings (SSSR count). The number of aliphatic hydroxyl groups is 1. The molecule has 0 aliphatic rings. The molecule has 1 aromatic carbocycles. The normalized spacial score (nSPS) is 12.5. The molecule has 0 radical (unpaired) electrons. The van der Waals surface area contributed by atoms with Crippen LogP contribution < -0.4 is 0 Å². The van der Waals surface area contributed by atoms with Crippen LogP contribution in [0.3, 0.4) is 0 Å². The van der Waals surface area contributed by atoms with Gasteiger partial charge in [-0.05, 0) is 16.5 Å². The zero-order chi connectivity index (χ0) is 9.68. The van der Waals surface area contributed by atoms with Gasteiger partial charge in [0.25, 0.3) is 0 Å². The van der Waals surface area contributed by atoms with E-state index in [4.69, 9.17) is 5.11 Å². The minimum Gasteiger partial charge on any atom is -0.396 e. The maximum atomic E-state index is 9.17. The first-order chi connectivity index (χ1) is 6.24. The van der Waals surface area contributed by atoms with Gasteiger partial charge in [-0.2, -0.15) is 0 Å². The number of allylic oxidation sites excluding steroid dienone is 1. The van der Waals surface area contributed by atoms with Crippen LogP contribution in [0, 0.1) is 0 Å². The van der Waals surface area contributed by atoms with E-state index in [1.165, 1.54) is 0 Å². The third-order valence-electron chi connectivity index (χ3n) is 1.96. The second-order valence-electron chi connectivity index (χ2n) is 3.01. The van der Waals surface area contributed by atoms with Gasteiger partial charge in [0.2, 0.25) is 0 Å². The number of aliphatic hydroxyl groups excluding tert-OH is 1. The molecule has 0 bridgehead atoms. The van der Waals surface area contributed by atoms with Crippen molar-refractivity contribution in [1.82, 2.24) is 0 Å². The topological polar surface area (TPSA) is 20.2 Å². The van der Waals surface area contributed by atoms with Crippen molar-refractivity contribution in [2.24, 2.45) is 0 Å². The van der Waals surface area contributed by atoms with Crippen molar-refractivity contribution >= 4 is 15.9 Å². The zero-order valence-corrected chi connectivity index (χ0v) is 9.00. The summed E-state index contributed by atoms with van der Waals surface area (Å²) in [6.07, 6.45) is 0.778. The molecule has 0 saturated heterocycles. The molecule has 0 fully saturated rings. The van der Waals surface area contributed by atoms with E-state index in [1.807, 2.05) is 30.3 Å². The van der Waals surface area contributed by atoms with Gasteiger partial charge in [-0.25, -0.2) is 0 Å². The first-order valence-corrected chi connectivity index (χ1v) is 5.02. The van der Waals surface area contributed by atoms with Crippen molar-refractivity contribution in [1.29, 1.82) is 0 Å². The third kappa shape index (κ3) is 3.33. The third-order valence-corrected chi connectivity index (χ3v) is 2.28. The highest BCUT2D eigenvalue weighted by molar-refractivity contribution is 9.11. The van der Waals surface area contributed by atoms with Crippen LogP contribution in [0.15, 0.2) is 41.4 Å². The molecule has 0 amide bonds. The summed E-state index contributed by atoms with van der Waals surface area (Å²) >= 11 is 3.31. The Labute approximate surface area is 87.2 Å². The second kappa shape index (κ2) is 5.20. The monoisotopic (exact) mass is 240 g/mol. The Hall–Kier alpha value is -0.600. The van der Waals surface area contributed by atoms with Crippen LogP contribution in [0.2, 0.25) is 0 Å². The minimum absolute atomic E-state index is 0.160. The molecule has 0 aromatic heterocycles. The molecule has 0 spiro atoms. The van der Waals surface area contributed by atoms with E-state index in [0.29, 0.717) is 0 Å². The summed E-state index contributed by atoms with van der Waals surface area (Å²) < 4.78 is 0.926. The Morgan fingerprint density at radius 1 is 1.38 bits per heavy atom. The SMILES string of the molecule is C=C(Br)C[C@@H](CO)c1ccccc1. The fraction of sp³-hybridized carbons (Fsp3) is 0.273. The van der Waals surface area contributed by atoms with E-state index >= 15 is 0 Å². The highest BCUT2D eigenvalue weighted by atomic mass is 79.9. The summed E-state index contributed by atoms with van der Waals surface area (Å²) in [5.41, 5.74) is 1.16. The van der Waals surface area contributed by atoms with Crippen LogP contribution >= 0.6 is 15.9 Å². The van der Waals surface area contributed by atoms with Crippen LogP contribution in [0.4, 0.5) is 0 Å². The highest BCUT2D eigenvalue weighted by Crippen LogP contribution is 2.24. The van der Waals surface area contributed by atoms with E-state index in [9.17, 15) is 0 Å². The molecule has 70 valence electrons. The molecule has 0 aliphatic carbocycles. The van der Waals surface area contributed by atoms with E-state index in [0.717, 1.165) is 16.5 Å². The maximum Gasteiger partial charge on any atom is 0.0503 e. The van der Waals surface area contributed by atoms with Gasteiger partial charge in [0.15, 0.2) is 0 Å². The predicted octanol–water partition coefficient (Wildman–Crippen LogP) is 3.06. The van der Waals surface area contributed by atoms with E-state index in [1.54, 1.807) is 0 Å². The van der Waals surface area contributed by atoms with Crippen LogP contribution in [-0.2, 0) is 0 Å². The summed E-state index contributed by atoms with van der Waals surface area (Å²) in [6, 6.07) is 9.98. The Bertz CT molecular complexity index is 269. The van der Waals surface area contributed by atoms with Gasteiger partial charge in [0, 0.05) is 5.92 Å². The van der Waals surface area contributed by atoms with E-state index in [-0.39, 0.29) is 12.5 Å².